The normalized spacial score (nSPS) is 26.5. The van der Waals surface area contributed by atoms with Crippen molar-refractivity contribution in [2.45, 2.75) is 19.1 Å². The summed E-state index contributed by atoms with van der Waals surface area (Å²) < 4.78 is 11.3. The maximum Gasteiger partial charge on any atom is 0.113 e. The Kier molecular flexibility index (Phi) is 4.35. The molecule has 0 bridgehead atoms. The lowest BCUT2D eigenvalue weighted by Gasteiger charge is -2.35. The molecule has 0 heterocycles. The zero-order valence-electron chi connectivity index (χ0n) is 11.7. The molecule has 2 heteroatoms. The third kappa shape index (κ3) is 2.29. The molecule has 1 aliphatic rings. The fourth-order valence-corrected chi connectivity index (χ4v) is 2.76. The van der Waals surface area contributed by atoms with Crippen molar-refractivity contribution in [3.8, 4) is 0 Å². The van der Waals surface area contributed by atoms with Gasteiger partial charge in [-0.1, -0.05) is 49.1 Å². The molecule has 2 nitrogen and oxygen atoms in total. The molecular formula is C17H20O2. The highest BCUT2D eigenvalue weighted by molar-refractivity contribution is 5.84. The Hall–Kier alpha value is -1.64. The first-order chi connectivity index (χ1) is 9.28. The minimum absolute atomic E-state index is 0.0869. The summed E-state index contributed by atoms with van der Waals surface area (Å²) >= 11 is 0. The van der Waals surface area contributed by atoms with Gasteiger partial charge in [-0.2, -0.15) is 0 Å². The number of allylic oxidation sites excluding steroid dienone is 3. The molecule has 0 fully saturated rings. The van der Waals surface area contributed by atoms with Crippen LogP contribution >= 0.6 is 0 Å². The summed E-state index contributed by atoms with van der Waals surface area (Å²) in [6.45, 7) is 5.84. The van der Waals surface area contributed by atoms with Crippen LogP contribution in [0, 0.1) is 0 Å². The maximum atomic E-state index is 5.67. The summed E-state index contributed by atoms with van der Waals surface area (Å²) in [7, 11) is 3.44. The molecule has 1 aromatic carbocycles. The molecule has 0 N–H and O–H groups in total. The standard InChI is InChI=1S/C17H20O2/c1-5-9-14-12(6-2)13-10-7-8-11-15(13)17(19-4)16(14)18-3/h5-11,16-17H,1H2,2-4H3/b12-6-,14-9?. The van der Waals surface area contributed by atoms with Crippen molar-refractivity contribution in [3.05, 3.63) is 65.8 Å². The highest BCUT2D eigenvalue weighted by Crippen LogP contribution is 2.43. The van der Waals surface area contributed by atoms with Crippen molar-refractivity contribution in [1.82, 2.24) is 0 Å². The second kappa shape index (κ2) is 6.00. The van der Waals surface area contributed by atoms with Gasteiger partial charge in [-0.05, 0) is 29.2 Å². The van der Waals surface area contributed by atoms with Crippen LogP contribution in [-0.4, -0.2) is 20.3 Å². The van der Waals surface area contributed by atoms with E-state index in [0.717, 1.165) is 5.57 Å². The van der Waals surface area contributed by atoms with Gasteiger partial charge in [0.05, 0.1) is 0 Å². The Labute approximate surface area is 115 Å². The van der Waals surface area contributed by atoms with Gasteiger partial charge in [-0.25, -0.2) is 0 Å². The van der Waals surface area contributed by atoms with Crippen LogP contribution in [0.2, 0.25) is 0 Å². The Morgan fingerprint density at radius 1 is 1.11 bits per heavy atom. The van der Waals surface area contributed by atoms with E-state index in [4.69, 9.17) is 9.47 Å². The topological polar surface area (TPSA) is 18.5 Å². The minimum atomic E-state index is -0.107. The lowest BCUT2D eigenvalue weighted by molar-refractivity contribution is -0.0186. The monoisotopic (exact) mass is 256 g/mol. The summed E-state index contributed by atoms with van der Waals surface area (Å²) in [5.74, 6) is 0. The Morgan fingerprint density at radius 2 is 1.79 bits per heavy atom. The Morgan fingerprint density at radius 3 is 2.37 bits per heavy atom. The largest absolute Gasteiger partial charge is 0.374 e. The van der Waals surface area contributed by atoms with E-state index in [-0.39, 0.29) is 12.2 Å². The minimum Gasteiger partial charge on any atom is -0.374 e. The molecule has 0 radical (unpaired) electrons. The molecular weight excluding hydrogens is 236 g/mol. The second-order valence-electron chi connectivity index (χ2n) is 4.46. The first-order valence-electron chi connectivity index (χ1n) is 6.42. The van der Waals surface area contributed by atoms with Crippen LogP contribution in [0.25, 0.3) is 5.57 Å². The van der Waals surface area contributed by atoms with Crippen LogP contribution in [0.1, 0.15) is 24.2 Å². The predicted octanol–water partition coefficient (Wildman–Crippen LogP) is 3.92. The average Bonchev–Trinajstić information content (AvgIpc) is 2.46. The van der Waals surface area contributed by atoms with Gasteiger partial charge >= 0.3 is 0 Å². The molecule has 2 unspecified atom stereocenters. The van der Waals surface area contributed by atoms with Crippen molar-refractivity contribution in [1.29, 1.82) is 0 Å². The van der Waals surface area contributed by atoms with Crippen molar-refractivity contribution in [3.63, 3.8) is 0 Å². The fourth-order valence-electron chi connectivity index (χ4n) is 2.76. The molecule has 2 atom stereocenters. The average molecular weight is 256 g/mol. The van der Waals surface area contributed by atoms with E-state index in [2.05, 4.69) is 24.8 Å². The Balaban J connectivity index is 2.68. The smallest absolute Gasteiger partial charge is 0.113 e. The fraction of sp³-hybridized carbons (Fsp3) is 0.294. The molecule has 0 amide bonds. The third-order valence-electron chi connectivity index (χ3n) is 3.54. The third-order valence-corrected chi connectivity index (χ3v) is 3.54. The number of hydrogen-bond donors (Lipinski definition) is 0. The maximum absolute atomic E-state index is 5.67. The molecule has 1 aromatic rings. The van der Waals surface area contributed by atoms with Gasteiger partial charge in [0.2, 0.25) is 0 Å². The SMILES string of the molecule is C=CC=C1/C(=C\C)c2ccccc2C(OC)C1OC. The van der Waals surface area contributed by atoms with Crippen molar-refractivity contribution < 1.29 is 9.47 Å². The van der Waals surface area contributed by atoms with Crippen molar-refractivity contribution in [2.24, 2.45) is 0 Å². The van der Waals surface area contributed by atoms with Gasteiger partial charge < -0.3 is 9.47 Å². The summed E-state index contributed by atoms with van der Waals surface area (Å²) in [4.78, 5) is 0. The molecule has 0 aromatic heterocycles. The van der Waals surface area contributed by atoms with Gasteiger partial charge in [0.15, 0.2) is 0 Å². The summed E-state index contributed by atoms with van der Waals surface area (Å²) in [5.41, 5.74) is 4.69. The highest BCUT2D eigenvalue weighted by Gasteiger charge is 2.35. The van der Waals surface area contributed by atoms with Crippen molar-refractivity contribution >= 4 is 5.57 Å². The zero-order chi connectivity index (χ0) is 13.8. The van der Waals surface area contributed by atoms with E-state index in [0.29, 0.717) is 0 Å². The highest BCUT2D eigenvalue weighted by atomic mass is 16.5. The van der Waals surface area contributed by atoms with E-state index in [9.17, 15) is 0 Å². The summed E-state index contributed by atoms with van der Waals surface area (Å²) in [6.07, 6.45) is 5.73. The first kappa shape index (κ1) is 13.8. The number of benzene rings is 1. The first-order valence-corrected chi connectivity index (χ1v) is 6.42. The van der Waals surface area contributed by atoms with Crippen LogP contribution in [0.4, 0.5) is 0 Å². The number of methoxy groups -OCH3 is 2. The van der Waals surface area contributed by atoms with Gasteiger partial charge in [-0.15, -0.1) is 0 Å². The van der Waals surface area contributed by atoms with Crippen LogP contribution in [-0.2, 0) is 9.47 Å². The summed E-state index contributed by atoms with van der Waals surface area (Å²) in [5, 5.41) is 0. The van der Waals surface area contributed by atoms with E-state index < -0.39 is 0 Å². The molecule has 19 heavy (non-hydrogen) atoms. The Bertz CT molecular complexity index is 526. The van der Waals surface area contributed by atoms with E-state index in [1.165, 1.54) is 16.7 Å². The number of hydrogen-bond acceptors (Lipinski definition) is 2. The van der Waals surface area contributed by atoms with Gasteiger partial charge in [-0.3, -0.25) is 0 Å². The quantitative estimate of drug-likeness (QED) is 0.816. The van der Waals surface area contributed by atoms with E-state index in [1.807, 2.05) is 25.1 Å². The van der Waals surface area contributed by atoms with Crippen LogP contribution < -0.4 is 0 Å². The molecule has 0 saturated carbocycles. The molecule has 100 valence electrons. The predicted molar refractivity (Wildman–Crippen MR) is 78.9 cm³/mol. The van der Waals surface area contributed by atoms with Crippen LogP contribution in [0.5, 0.6) is 0 Å². The molecule has 2 rings (SSSR count). The zero-order valence-corrected chi connectivity index (χ0v) is 11.7. The number of fused-ring (bicyclic) bond motifs is 1. The number of ether oxygens (including phenoxy) is 2. The van der Waals surface area contributed by atoms with Gasteiger partial charge in [0.1, 0.15) is 12.2 Å². The van der Waals surface area contributed by atoms with Gasteiger partial charge in [0.25, 0.3) is 0 Å². The second-order valence-corrected chi connectivity index (χ2v) is 4.46. The van der Waals surface area contributed by atoms with Crippen LogP contribution in [0.3, 0.4) is 0 Å². The molecule has 0 saturated heterocycles. The summed E-state index contributed by atoms with van der Waals surface area (Å²) in [6, 6.07) is 8.31. The van der Waals surface area contributed by atoms with E-state index >= 15 is 0 Å². The van der Waals surface area contributed by atoms with E-state index in [1.54, 1.807) is 20.3 Å². The molecule has 0 aliphatic heterocycles. The number of rotatable bonds is 3. The van der Waals surface area contributed by atoms with Gasteiger partial charge in [0, 0.05) is 14.2 Å². The lowest BCUT2D eigenvalue weighted by atomic mass is 9.79. The molecule has 0 spiro atoms. The van der Waals surface area contributed by atoms with Crippen molar-refractivity contribution in [2.75, 3.05) is 14.2 Å². The van der Waals surface area contributed by atoms with Crippen LogP contribution in [0.15, 0.2) is 54.6 Å². The lowest BCUT2D eigenvalue weighted by Crippen LogP contribution is -2.30. The molecule has 1 aliphatic carbocycles.